The molecule has 0 fully saturated rings. The van der Waals surface area contributed by atoms with Crippen molar-refractivity contribution in [2.24, 2.45) is 5.92 Å². The van der Waals surface area contributed by atoms with Gasteiger partial charge < -0.3 is 9.47 Å². The molecule has 0 aromatic heterocycles. The largest absolute Gasteiger partial charge is 0.491 e. The van der Waals surface area contributed by atoms with Crippen LogP contribution in [0.3, 0.4) is 0 Å². The molecule has 5 heteroatoms. The molecule has 1 aromatic rings. The Hall–Kier alpha value is -0.930. The van der Waals surface area contributed by atoms with Crippen LogP contribution >= 0.6 is 23.2 Å². The van der Waals surface area contributed by atoms with Crippen molar-refractivity contribution >= 4 is 29.2 Å². The van der Waals surface area contributed by atoms with Gasteiger partial charge in [-0.15, -0.1) is 0 Å². The molecule has 1 atom stereocenters. The van der Waals surface area contributed by atoms with E-state index in [4.69, 9.17) is 27.9 Å². The van der Waals surface area contributed by atoms with Gasteiger partial charge in [0.25, 0.3) is 0 Å². The predicted molar refractivity (Wildman–Crippen MR) is 63.1 cm³/mol. The summed E-state index contributed by atoms with van der Waals surface area (Å²) in [7, 11) is 1.34. The fourth-order valence-corrected chi connectivity index (χ4v) is 1.43. The Morgan fingerprint density at radius 3 is 2.75 bits per heavy atom. The van der Waals surface area contributed by atoms with Crippen molar-refractivity contribution < 1.29 is 14.3 Å². The molecule has 1 unspecified atom stereocenters. The highest BCUT2D eigenvalue weighted by Crippen LogP contribution is 2.31. The van der Waals surface area contributed by atoms with Crippen LogP contribution in [0, 0.1) is 5.92 Å². The summed E-state index contributed by atoms with van der Waals surface area (Å²) in [5.74, 6) is -0.205. The summed E-state index contributed by atoms with van der Waals surface area (Å²) in [4.78, 5) is 11.1. The molecule has 0 N–H and O–H groups in total. The lowest BCUT2D eigenvalue weighted by Gasteiger charge is -2.12. The van der Waals surface area contributed by atoms with E-state index in [-0.39, 0.29) is 18.5 Å². The van der Waals surface area contributed by atoms with Crippen molar-refractivity contribution in [1.82, 2.24) is 0 Å². The van der Waals surface area contributed by atoms with Crippen molar-refractivity contribution in [3.63, 3.8) is 0 Å². The van der Waals surface area contributed by atoms with Crippen LogP contribution in [0.1, 0.15) is 6.92 Å². The first-order chi connectivity index (χ1) is 7.56. The number of methoxy groups -OCH3 is 1. The molecule has 0 bridgehead atoms. The predicted octanol–water partition coefficient (Wildman–Crippen LogP) is 3.18. The monoisotopic (exact) mass is 262 g/mol. The average molecular weight is 263 g/mol. The molecule has 16 heavy (non-hydrogen) atoms. The van der Waals surface area contributed by atoms with Crippen LogP contribution in [0.5, 0.6) is 5.75 Å². The first kappa shape index (κ1) is 13.1. The molecule has 0 aliphatic heterocycles. The summed E-state index contributed by atoms with van der Waals surface area (Å²) >= 11 is 11.7. The maximum Gasteiger partial charge on any atom is 0.311 e. The van der Waals surface area contributed by atoms with E-state index in [1.54, 1.807) is 25.1 Å². The highest BCUT2D eigenvalue weighted by atomic mass is 35.5. The first-order valence-electron chi connectivity index (χ1n) is 4.71. The highest BCUT2D eigenvalue weighted by Gasteiger charge is 2.15. The fourth-order valence-electron chi connectivity index (χ4n) is 1.08. The van der Waals surface area contributed by atoms with Gasteiger partial charge in [0.1, 0.15) is 17.4 Å². The molecular weight excluding hydrogens is 251 g/mol. The minimum absolute atomic E-state index is 0.201. The lowest BCUT2D eigenvalue weighted by atomic mass is 10.2. The number of carbonyl (C=O) groups excluding carboxylic acids is 1. The third kappa shape index (κ3) is 3.29. The third-order valence-corrected chi connectivity index (χ3v) is 2.81. The second-order valence-corrected chi connectivity index (χ2v) is 4.07. The Labute approximate surface area is 104 Å². The standard InChI is InChI=1S/C11H12Cl2O3/c1-7(11(14)15-2)6-16-9-5-3-4-8(12)10(9)13/h3-5,7H,6H2,1-2H3. The van der Waals surface area contributed by atoms with E-state index in [1.807, 2.05) is 0 Å². The van der Waals surface area contributed by atoms with Crippen molar-refractivity contribution in [1.29, 1.82) is 0 Å². The van der Waals surface area contributed by atoms with E-state index < -0.39 is 0 Å². The second kappa shape index (κ2) is 5.97. The number of carbonyl (C=O) groups is 1. The van der Waals surface area contributed by atoms with E-state index in [2.05, 4.69) is 4.74 Å². The lowest BCUT2D eigenvalue weighted by molar-refractivity contribution is -0.145. The molecule has 0 saturated carbocycles. The Morgan fingerprint density at radius 1 is 1.44 bits per heavy atom. The molecule has 0 aliphatic carbocycles. The van der Waals surface area contributed by atoms with E-state index in [1.165, 1.54) is 7.11 Å². The maximum atomic E-state index is 11.1. The molecular formula is C11H12Cl2O3. The van der Waals surface area contributed by atoms with Gasteiger partial charge in [0.2, 0.25) is 0 Å². The average Bonchev–Trinajstić information content (AvgIpc) is 2.29. The minimum Gasteiger partial charge on any atom is -0.491 e. The fraction of sp³-hybridized carbons (Fsp3) is 0.364. The normalized spacial score (nSPS) is 12.0. The Morgan fingerprint density at radius 2 is 2.12 bits per heavy atom. The zero-order valence-electron chi connectivity index (χ0n) is 9.00. The number of ether oxygens (including phenoxy) is 2. The summed E-state index contributed by atoms with van der Waals surface area (Å²) in [5, 5.41) is 0.770. The van der Waals surface area contributed by atoms with E-state index in [0.717, 1.165) is 0 Å². The van der Waals surface area contributed by atoms with Gasteiger partial charge in [-0.05, 0) is 19.1 Å². The summed E-state index contributed by atoms with van der Waals surface area (Å²) in [6, 6.07) is 5.09. The van der Waals surface area contributed by atoms with Gasteiger partial charge in [-0.25, -0.2) is 0 Å². The van der Waals surface area contributed by atoms with Gasteiger partial charge in [0.05, 0.1) is 18.1 Å². The second-order valence-electron chi connectivity index (χ2n) is 3.29. The third-order valence-electron chi connectivity index (χ3n) is 2.01. The van der Waals surface area contributed by atoms with E-state index in [0.29, 0.717) is 15.8 Å². The molecule has 0 spiro atoms. The zero-order chi connectivity index (χ0) is 12.1. The van der Waals surface area contributed by atoms with Crippen LogP contribution in [-0.2, 0) is 9.53 Å². The number of benzene rings is 1. The van der Waals surface area contributed by atoms with Crippen LogP contribution in [0.15, 0.2) is 18.2 Å². The van der Waals surface area contributed by atoms with Crippen LogP contribution in [0.25, 0.3) is 0 Å². The zero-order valence-corrected chi connectivity index (χ0v) is 10.5. The number of esters is 1. The molecule has 0 amide bonds. The van der Waals surface area contributed by atoms with Gasteiger partial charge in [0, 0.05) is 0 Å². The van der Waals surface area contributed by atoms with Gasteiger partial charge in [0.15, 0.2) is 0 Å². The van der Waals surface area contributed by atoms with Crippen LogP contribution < -0.4 is 4.74 Å². The summed E-state index contributed by atoms with van der Waals surface area (Å²) in [5.41, 5.74) is 0. The van der Waals surface area contributed by atoms with Crippen molar-refractivity contribution in [2.75, 3.05) is 13.7 Å². The maximum absolute atomic E-state index is 11.1. The molecule has 1 aromatic carbocycles. The van der Waals surface area contributed by atoms with Crippen molar-refractivity contribution in [2.45, 2.75) is 6.92 Å². The van der Waals surface area contributed by atoms with E-state index >= 15 is 0 Å². The SMILES string of the molecule is COC(=O)C(C)COc1cccc(Cl)c1Cl. The highest BCUT2D eigenvalue weighted by molar-refractivity contribution is 6.42. The molecule has 0 aliphatic rings. The van der Waals surface area contributed by atoms with Crippen molar-refractivity contribution in [3.8, 4) is 5.75 Å². The molecule has 3 nitrogen and oxygen atoms in total. The first-order valence-corrected chi connectivity index (χ1v) is 5.46. The molecule has 0 heterocycles. The quantitative estimate of drug-likeness (QED) is 0.782. The Bertz CT molecular complexity index is 379. The van der Waals surface area contributed by atoms with Gasteiger partial charge in [-0.1, -0.05) is 29.3 Å². The summed E-state index contributed by atoms with van der Waals surface area (Å²) < 4.78 is 9.96. The molecule has 0 saturated heterocycles. The molecule has 0 radical (unpaired) electrons. The smallest absolute Gasteiger partial charge is 0.311 e. The van der Waals surface area contributed by atoms with Crippen molar-refractivity contribution in [3.05, 3.63) is 28.2 Å². The number of halogens is 2. The van der Waals surface area contributed by atoms with Crippen LogP contribution in [-0.4, -0.2) is 19.7 Å². The lowest BCUT2D eigenvalue weighted by Crippen LogP contribution is -2.20. The molecule has 1 rings (SSSR count). The van der Waals surface area contributed by atoms with E-state index in [9.17, 15) is 4.79 Å². The van der Waals surface area contributed by atoms with Gasteiger partial charge >= 0.3 is 5.97 Å². The molecule has 88 valence electrons. The topological polar surface area (TPSA) is 35.5 Å². The Kier molecular flexibility index (Phi) is 4.90. The van der Waals surface area contributed by atoms with Crippen LogP contribution in [0.2, 0.25) is 10.0 Å². The minimum atomic E-state index is -0.347. The number of rotatable bonds is 4. The summed E-state index contributed by atoms with van der Waals surface area (Å²) in [6.07, 6.45) is 0. The number of hydrogen-bond donors (Lipinski definition) is 0. The summed E-state index contributed by atoms with van der Waals surface area (Å²) in [6.45, 7) is 1.91. The van der Waals surface area contributed by atoms with Crippen LogP contribution in [0.4, 0.5) is 0 Å². The van der Waals surface area contributed by atoms with Gasteiger partial charge in [-0.2, -0.15) is 0 Å². The Balaban J connectivity index is 2.61. The van der Waals surface area contributed by atoms with Gasteiger partial charge in [-0.3, -0.25) is 4.79 Å². The number of hydrogen-bond acceptors (Lipinski definition) is 3.